The third kappa shape index (κ3) is 3.40. The summed E-state index contributed by atoms with van der Waals surface area (Å²) < 4.78 is 29.3. The molecule has 0 fully saturated rings. The Bertz CT molecular complexity index is 986. The van der Waals surface area contributed by atoms with Gasteiger partial charge >= 0.3 is 0 Å². The Hall–Kier alpha value is -2.02. The van der Waals surface area contributed by atoms with Gasteiger partial charge in [0, 0.05) is 6.07 Å². The van der Waals surface area contributed by atoms with Gasteiger partial charge in [-0.2, -0.15) is 5.10 Å². The van der Waals surface area contributed by atoms with Crippen molar-refractivity contribution in [3.8, 4) is 5.69 Å². The number of halogens is 2. The van der Waals surface area contributed by atoms with Gasteiger partial charge in [-0.3, -0.25) is 4.72 Å². The van der Waals surface area contributed by atoms with Crippen molar-refractivity contribution in [2.45, 2.75) is 11.8 Å². The third-order valence-corrected chi connectivity index (χ3v) is 5.36. The minimum atomic E-state index is -3.82. The van der Waals surface area contributed by atoms with E-state index < -0.39 is 10.0 Å². The first-order chi connectivity index (χ1) is 11.4. The number of para-hydroxylation sites is 1. The van der Waals surface area contributed by atoms with E-state index in [1.165, 1.54) is 22.9 Å². The number of aryl methyl sites for hydroxylation is 1. The molecule has 1 aromatic heterocycles. The van der Waals surface area contributed by atoms with Gasteiger partial charge in [-0.1, -0.05) is 41.4 Å². The van der Waals surface area contributed by atoms with Gasteiger partial charge in [0.05, 0.1) is 26.3 Å². The zero-order valence-corrected chi connectivity index (χ0v) is 14.9. The molecule has 0 aliphatic heterocycles. The van der Waals surface area contributed by atoms with Crippen molar-refractivity contribution in [2.75, 3.05) is 4.72 Å². The SMILES string of the molecule is Cc1cc(NS(=O)(=O)c2ccc(Cl)c(Cl)c2)n(-c2ccccc2)n1. The smallest absolute Gasteiger partial charge is 0.263 e. The third-order valence-electron chi connectivity index (χ3n) is 3.27. The molecule has 2 aromatic carbocycles. The van der Waals surface area contributed by atoms with Crippen LogP contribution in [0.1, 0.15) is 5.69 Å². The van der Waals surface area contributed by atoms with Crippen LogP contribution in [0.15, 0.2) is 59.5 Å². The summed E-state index contributed by atoms with van der Waals surface area (Å²) in [5, 5.41) is 4.80. The predicted octanol–water partition coefficient (Wildman–Crippen LogP) is 4.29. The molecule has 0 radical (unpaired) electrons. The Morgan fingerprint density at radius 3 is 2.38 bits per heavy atom. The van der Waals surface area contributed by atoms with E-state index in [1.54, 1.807) is 13.0 Å². The molecule has 8 heteroatoms. The van der Waals surface area contributed by atoms with Crippen LogP contribution < -0.4 is 4.72 Å². The molecular formula is C16H13Cl2N3O2S. The van der Waals surface area contributed by atoms with Gasteiger partial charge < -0.3 is 0 Å². The van der Waals surface area contributed by atoms with Crippen molar-refractivity contribution >= 4 is 39.0 Å². The Kier molecular flexibility index (Phi) is 4.54. The van der Waals surface area contributed by atoms with E-state index in [0.717, 1.165) is 5.69 Å². The lowest BCUT2D eigenvalue weighted by molar-refractivity contribution is 0.600. The van der Waals surface area contributed by atoms with Gasteiger partial charge in [-0.05, 0) is 37.3 Å². The maximum atomic E-state index is 12.6. The molecule has 24 heavy (non-hydrogen) atoms. The average molecular weight is 382 g/mol. The Labute approximate surface area is 149 Å². The Morgan fingerprint density at radius 1 is 1.00 bits per heavy atom. The molecule has 0 unspecified atom stereocenters. The molecule has 0 amide bonds. The number of nitrogens with zero attached hydrogens (tertiary/aromatic N) is 2. The van der Waals surface area contributed by atoms with Crippen LogP contribution in [0.3, 0.4) is 0 Å². The van der Waals surface area contributed by atoms with Crippen molar-refractivity contribution < 1.29 is 8.42 Å². The van der Waals surface area contributed by atoms with Crippen molar-refractivity contribution in [3.05, 3.63) is 70.3 Å². The van der Waals surface area contributed by atoms with Crippen molar-refractivity contribution in [1.82, 2.24) is 9.78 Å². The maximum absolute atomic E-state index is 12.6. The summed E-state index contributed by atoms with van der Waals surface area (Å²) >= 11 is 11.8. The van der Waals surface area contributed by atoms with E-state index in [0.29, 0.717) is 16.5 Å². The van der Waals surface area contributed by atoms with E-state index in [-0.39, 0.29) is 9.92 Å². The van der Waals surface area contributed by atoms with Crippen LogP contribution in [0, 0.1) is 6.92 Å². The highest BCUT2D eigenvalue weighted by Crippen LogP contribution is 2.26. The van der Waals surface area contributed by atoms with Crippen molar-refractivity contribution in [1.29, 1.82) is 0 Å². The number of hydrogen-bond donors (Lipinski definition) is 1. The second-order valence-electron chi connectivity index (χ2n) is 5.10. The normalized spacial score (nSPS) is 11.5. The highest BCUT2D eigenvalue weighted by molar-refractivity contribution is 7.92. The van der Waals surface area contributed by atoms with Gasteiger partial charge in [-0.15, -0.1) is 0 Å². The van der Waals surface area contributed by atoms with Crippen LogP contribution in [-0.4, -0.2) is 18.2 Å². The van der Waals surface area contributed by atoms with Gasteiger partial charge in [0.2, 0.25) is 0 Å². The van der Waals surface area contributed by atoms with E-state index in [2.05, 4.69) is 9.82 Å². The molecule has 3 aromatic rings. The summed E-state index contributed by atoms with van der Waals surface area (Å²) in [5.74, 6) is 0.338. The average Bonchev–Trinajstić information content (AvgIpc) is 2.90. The topological polar surface area (TPSA) is 64.0 Å². The van der Waals surface area contributed by atoms with Crippen molar-refractivity contribution in [3.63, 3.8) is 0 Å². The van der Waals surface area contributed by atoms with Gasteiger partial charge in [-0.25, -0.2) is 13.1 Å². The molecule has 0 aliphatic carbocycles. The predicted molar refractivity (Wildman–Crippen MR) is 95.6 cm³/mol. The molecule has 0 saturated carbocycles. The number of benzene rings is 2. The van der Waals surface area contributed by atoms with Gasteiger partial charge in [0.1, 0.15) is 5.82 Å². The van der Waals surface area contributed by atoms with Crippen LogP contribution >= 0.6 is 23.2 Å². The highest BCUT2D eigenvalue weighted by atomic mass is 35.5. The summed E-state index contributed by atoms with van der Waals surface area (Å²) in [6, 6.07) is 15.1. The second-order valence-corrected chi connectivity index (χ2v) is 7.60. The summed E-state index contributed by atoms with van der Waals surface area (Å²) in [6.07, 6.45) is 0. The van der Waals surface area contributed by atoms with Crippen LogP contribution in [0.25, 0.3) is 5.69 Å². The van der Waals surface area contributed by atoms with Crippen LogP contribution in [0.2, 0.25) is 10.0 Å². The number of aromatic nitrogens is 2. The molecule has 124 valence electrons. The van der Waals surface area contributed by atoms with E-state index in [9.17, 15) is 8.42 Å². The lowest BCUT2D eigenvalue weighted by Crippen LogP contribution is -2.16. The molecular weight excluding hydrogens is 369 g/mol. The fraction of sp³-hybridized carbons (Fsp3) is 0.0625. The van der Waals surface area contributed by atoms with Crippen LogP contribution in [0.4, 0.5) is 5.82 Å². The van der Waals surface area contributed by atoms with Gasteiger partial charge in [0.15, 0.2) is 0 Å². The second kappa shape index (κ2) is 6.47. The minimum Gasteiger partial charge on any atom is -0.263 e. The van der Waals surface area contributed by atoms with E-state index >= 15 is 0 Å². The lowest BCUT2D eigenvalue weighted by atomic mass is 10.3. The lowest BCUT2D eigenvalue weighted by Gasteiger charge is -2.11. The first-order valence-electron chi connectivity index (χ1n) is 6.97. The molecule has 0 atom stereocenters. The summed E-state index contributed by atoms with van der Waals surface area (Å²) in [4.78, 5) is 0.0235. The first kappa shape index (κ1) is 16.8. The molecule has 1 N–H and O–H groups in total. The zero-order chi connectivity index (χ0) is 17.3. The molecule has 0 saturated heterocycles. The number of sulfonamides is 1. The Morgan fingerprint density at radius 2 is 1.71 bits per heavy atom. The fourth-order valence-corrected chi connectivity index (χ4v) is 3.60. The summed E-state index contributed by atoms with van der Waals surface area (Å²) in [6.45, 7) is 1.79. The highest BCUT2D eigenvalue weighted by Gasteiger charge is 2.19. The molecule has 5 nitrogen and oxygen atoms in total. The minimum absolute atomic E-state index is 0.0235. The number of nitrogens with one attached hydrogen (secondary N) is 1. The van der Waals surface area contributed by atoms with Crippen molar-refractivity contribution in [2.24, 2.45) is 0 Å². The van der Waals surface area contributed by atoms with E-state index in [1.807, 2.05) is 30.3 Å². The zero-order valence-electron chi connectivity index (χ0n) is 12.6. The van der Waals surface area contributed by atoms with Crippen LogP contribution in [0.5, 0.6) is 0 Å². The van der Waals surface area contributed by atoms with Crippen LogP contribution in [-0.2, 0) is 10.0 Å². The Balaban J connectivity index is 2.00. The summed E-state index contributed by atoms with van der Waals surface area (Å²) in [7, 11) is -3.82. The number of hydrogen-bond acceptors (Lipinski definition) is 3. The number of anilines is 1. The summed E-state index contributed by atoms with van der Waals surface area (Å²) in [5.41, 5.74) is 1.43. The quantitative estimate of drug-likeness (QED) is 0.732. The molecule has 0 bridgehead atoms. The largest absolute Gasteiger partial charge is 0.263 e. The standard InChI is InChI=1S/C16H13Cl2N3O2S/c1-11-9-16(21(19-11)12-5-3-2-4-6-12)20-24(22,23)13-7-8-14(17)15(18)10-13/h2-10,20H,1H3. The number of rotatable bonds is 4. The first-order valence-corrected chi connectivity index (χ1v) is 9.21. The fourth-order valence-electron chi connectivity index (χ4n) is 2.18. The monoisotopic (exact) mass is 381 g/mol. The van der Waals surface area contributed by atoms with E-state index in [4.69, 9.17) is 23.2 Å². The molecule has 0 aliphatic rings. The molecule has 0 spiro atoms. The van der Waals surface area contributed by atoms with Gasteiger partial charge in [0.25, 0.3) is 10.0 Å². The maximum Gasteiger partial charge on any atom is 0.263 e. The molecule has 1 heterocycles. The molecule has 3 rings (SSSR count).